The molecule has 1 aromatic heterocycles. The predicted octanol–water partition coefficient (Wildman–Crippen LogP) is 1.28. The number of aliphatic hydroxyl groups is 1. The first-order chi connectivity index (χ1) is 12.2. The molecular formula is C16H21N5O5. The van der Waals surface area contributed by atoms with Crippen LogP contribution in [0.15, 0.2) is 12.3 Å². The lowest BCUT2D eigenvalue weighted by molar-refractivity contribution is -0.385. The van der Waals surface area contributed by atoms with Crippen LogP contribution in [0.3, 0.4) is 0 Å². The number of carbonyl (C=O) groups is 1. The Morgan fingerprint density at radius 1 is 1.54 bits per heavy atom. The van der Waals surface area contributed by atoms with Crippen molar-refractivity contribution in [1.82, 2.24) is 9.88 Å². The van der Waals surface area contributed by atoms with Gasteiger partial charge < -0.3 is 19.6 Å². The molecule has 1 amide bonds. The molecule has 140 valence electrons. The molecule has 10 heteroatoms. The Labute approximate surface area is 150 Å². The molecule has 0 aliphatic carbocycles. The maximum Gasteiger partial charge on any atom is 0.410 e. The Morgan fingerprint density at radius 3 is 2.77 bits per heavy atom. The largest absolute Gasteiger partial charge is 0.444 e. The van der Waals surface area contributed by atoms with E-state index in [1.807, 2.05) is 0 Å². The molecule has 0 aromatic carbocycles. The molecule has 0 bridgehead atoms. The Hall–Kier alpha value is -2.93. The van der Waals surface area contributed by atoms with E-state index < -0.39 is 22.7 Å². The number of nitrogens with zero attached hydrogens (tertiary/aromatic N) is 5. The van der Waals surface area contributed by atoms with Crippen molar-refractivity contribution in [2.45, 2.75) is 32.4 Å². The molecule has 1 atom stereocenters. The number of rotatable bonds is 3. The molecule has 1 N–H and O–H groups in total. The van der Waals surface area contributed by atoms with E-state index in [2.05, 4.69) is 4.98 Å². The number of anilines is 1. The molecule has 1 saturated heterocycles. The standard InChI is InChI=1S/C16H21N5O5/c1-16(2,3)26-15(23)19-4-5-20(12(9-19)10-22)14-6-11(7-17)13(8-18-14)21(24)25/h6,8,12,22H,4-5,9-10H2,1-3H3/t12-/m1/s1. The number of hydrogen-bond donors (Lipinski definition) is 1. The summed E-state index contributed by atoms with van der Waals surface area (Å²) in [5, 5.41) is 29.7. The lowest BCUT2D eigenvalue weighted by Gasteiger charge is -2.41. The van der Waals surface area contributed by atoms with E-state index in [9.17, 15) is 20.0 Å². The predicted molar refractivity (Wildman–Crippen MR) is 91.6 cm³/mol. The van der Waals surface area contributed by atoms with Gasteiger partial charge in [0.25, 0.3) is 0 Å². The first-order valence-corrected chi connectivity index (χ1v) is 8.06. The van der Waals surface area contributed by atoms with Crippen LogP contribution in [0, 0.1) is 21.4 Å². The van der Waals surface area contributed by atoms with Crippen molar-refractivity contribution in [2.24, 2.45) is 0 Å². The fourth-order valence-electron chi connectivity index (χ4n) is 2.63. The van der Waals surface area contributed by atoms with Crippen molar-refractivity contribution < 1.29 is 19.6 Å². The van der Waals surface area contributed by atoms with Crippen molar-refractivity contribution in [2.75, 3.05) is 31.1 Å². The summed E-state index contributed by atoms with van der Waals surface area (Å²) in [5.41, 5.74) is -1.10. The monoisotopic (exact) mass is 363 g/mol. The number of piperazine rings is 1. The van der Waals surface area contributed by atoms with Crippen molar-refractivity contribution in [3.8, 4) is 6.07 Å². The van der Waals surface area contributed by atoms with E-state index in [1.54, 1.807) is 31.7 Å². The molecular weight excluding hydrogens is 342 g/mol. The summed E-state index contributed by atoms with van der Waals surface area (Å²) in [6.45, 7) is 5.97. The van der Waals surface area contributed by atoms with E-state index in [0.717, 1.165) is 6.20 Å². The number of aromatic nitrogens is 1. The van der Waals surface area contributed by atoms with Crippen molar-refractivity contribution in [3.63, 3.8) is 0 Å². The summed E-state index contributed by atoms with van der Waals surface area (Å²) in [7, 11) is 0. The number of amides is 1. The Morgan fingerprint density at radius 2 is 2.23 bits per heavy atom. The maximum atomic E-state index is 12.2. The molecule has 2 rings (SSSR count). The van der Waals surface area contributed by atoms with Gasteiger partial charge in [-0.1, -0.05) is 0 Å². The fourth-order valence-corrected chi connectivity index (χ4v) is 2.63. The molecule has 10 nitrogen and oxygen atoms in total. The summed E-state index contributed by atoms with van der Waals surface area (Å²) < 4.78 is 5.34. The van der Waals surface area contributed by atoms with Crippen LogP contribution in [0.2, 0.25) is 0 Å². The van der Waals surface area contributed by atoms with Gasteiger partial charge in [0.15, 0.2) is 0 Å². The fraction of sp³-hybridized carbons (Fsp3) is 0.562. The SMILES string of the molecule is CC(C)(C)OC(=O)N1CCN(c2cc(C#N)c([N+](=O)[O-])cn2)[C@@H](CO)C1. The third-order valence-electron chi connectivity index (χ3n) is 3.83. The minimum atomic E-state index is -0.667. The zero-order valence-corrected chi connectivity index (χ0v) is 14.9. The van der Waals surface area contributed by atoms with E-state index in [4.69, 9.17) is 10.00 Å². The molecule has 1 aromatic rings. The number of carbonyl (C=O) groups excluding carboxylic acids is 1. The van der Waals surface area contributed by atoms with Gasteiger partial charge in [-0.15, -0.1) is 0 Å². The minimum absolute atomic E-state index is 0.105. The van der Waals surface area contributed by atoms with Gasteiger partial charge in [0.05, 0.1) is 17.6 Å². The van der Waals surface area contributed by atoms with Gasteiger partial charge in [0.2, 0.25) is 0 Å². The minimum Gasteiger partial charge on any atom is -0.444 e. The van der Waals surface area contributed by atoms with Crippen LogP contribution < -0.4 is 4.90 Å². The smallest absolute Gasteiger partial charge is 0.410 e. The topological polar surface area (TPSA) is 133 Å². The summed E-state index contributed by atoms with van der Waals surface area (Å²) in [4.78, 5) is 29.7. The van der Waals surface area contributed by atoms with Gasteiger partial charge in [0.1, 0.15) is 29.2 Å². The second-order valence-corrected chi connectivity index (χ2v) is 6.88. The summed E-state index contributed by atoms with van der Waals surface area (Å²) in [5.74, 6) is 0.343. The van der Waals surface area contributed by atoms with Crippen LogP contribution in [-0.4, -0.2) is 63.9 Å². The molecule has 0 saturated carbocycles. The third kappa shape index (κ3) is 4.37. The van der Waals surface area contributed by atoms with Crippen molar-refractivity contribution in [3.05, 3.63) is 27.9 Å². The quantitative estimate of drug-likeness (QED) is 0.627. The molecule has 0 unspecified atom stereocenters. The van der Waals surface area contributed by atoms with Gasteiger partial charge in [0, 0.05) is 25.7 Å². The molecule has 0 radical (unpaired) electrons. The van der Waals surface area contributed by atoms with Gasteiger partial charge in [-0.3, -0.25) is 10.1 Å². The van der Waals surface area contributed by atoms with Gasteiger partial charge in [-0.05, 0) is 20.8 Å². The van der Waals surface area contributed by atoms with Crippen LogP contribution in [0.4, 0.5) is 16.3 Å². The van der Waals surface area contributed by atoms with E-state index in [-0.39, 0.29) is 24.4 Å². The lowest BCUT2D eigenvalue weighted by atomic mass is 10.1. The van der Waals surface area contributed by atoms with E-state index >= 15 is 0 Å². The molecule has 2 heterocycles. The zero-order chi connectivity index (χ0) is 19.5. The number of pyridine rings is 1. The molecule has 1 fully saturated rings. The molecule has 1 aliphatic rings. The highest BCUT2D eigenvalue weighted by atomic mass is 16.6. The first kappa shape index (κ1) is 19.4. The average molecular weight is 363 g/mol. The first-order valence-electron chi connectivity index (χ1n) is 8.06. The van der Waals surface area contributed by atoms with Gasteiger partial charge >= 0.3 is 11.8 Å². The Balaban J connectivity index is 2.19. The van der Waals surface area contributed by atoms with Gasteiger partial charge in [-0.25, -0.2) is 9.78 Å². The van der Waals surface area contributed by atoms with Crippen LogP contribution in [0.25, 0.3) is 0 Å². The van der Waals surface area contributed by atoms with Crippen LogP contribution >= 0.6 is 0 Å². The lowest BCUT2D eigenvalue weighted by Crippen LogP contribution is -2.57. The highest BCUT2D eigenvalue weighted by molar-refractivity contribution is 5.69. The van der Waals surface area contributed by atoms with Crippen molar-refractivity contribution in [1.29, 1.82) is 5.26 Å². The molecule has 1 aliphatic heterocycles. The summed E-state index contributed by atoms with van der Waals surface area (Å²) in [6.07, 6.45) is 0.563. The zero-order valence-electron chi connectivity index (χ0n) is 14.9. The highest BCUT2D eigenvalue weighted by Crippen LogP contribution is 2.25. The number of aliphatic hydroxyl groups excluding tert-OH is 1. The van der Waals surface area contributed by atoms with Crippen LogP contribution in [-0.2, 0) is 4.74 Å². The van der Waals surface area contributed by atoms with Gasteiger partial charge in [-0.2, -0.15) is 5.26 Å². The normalized spacial score (nSPS) is 17.6. The van der Waals surface area contributed by atoms with E-state index in [1.165, 1.54) is 11.0 Å². The second kappa shape index (κ2) is 7.53. The summed E-state index contributed by atoms with van der Waals surface area (Å²) >= 11 is 0. The number of nitriles is 1. The molecule has 26 heavy (non-hydrogen) atoms. The maximum absolute atomic E-state index is 12.2. The van der Waals surface area contributed by atoms with Crippen LogP contribution in [0.1, 0.15) is 26.3 Å². The molecule has 0 spiro atoms. The van der Waals surface area contributed by atoms with Crippen molar-refractivity contribution >= 4 is 17.6 Å². The second-order valence-electron chi connectivity index (χ2n) is 6.88. The third-order valence-corrected chi connectivity index (χ3v) is 3.83. The number of hydrogen-bond acceptors (Lipinski definition) is 8. The highest BCUT2D eigenvalue weighted by Gasteiger charge is 2.33. The van der Waals surface area contributed by atoms with Crippen LogP contribution in [0.5, 0.6) is 0 Å². The number of nitro groups is 1. The summed E-state index contributed by atoms with van der Waals surface area (Å²) in [6, 6.07) is 2.65. The van der Waals surface area contributed by atoms with E-state index in [0.29, 0.717) is 18.9 Å². The Bertz CT molecular complexity index is 740. The average Bonchev–Trinajstić information content (AvgIpc) is 2.58. The Kier molecular flexibility index (Phi) is 5.62. The number of ether oxygens (including phenoxy) is 1.